The van der Waals surface area contributed by atoms with E-state index in [9.17, 15) is 4.79 Å². The number of carboxylic acids is 1. The molecule has 0 bridgehead atoms. The highest BCUT2D eigenvalue weighted by atomic mass is 16.4. The van der Waals surface area contributed by atoms with Gasteiger partial charge in [-0.05, 0) is 31.7 Å². The van der Waals surface area contributed by atoms with Crippen LogP contribution in [-0.2, 0) is 4.79 Å². The first kappa shape index (κ1) is 13.2. The predicted octanol–water partition coefficient (Wildman–Crippen LogP) is 2.43. The molecule has 1 saturated carbocycles. The van der Waals surface area contributed by atoms with E-state index in [2.05, 4.69) is 18.8 Å². The topological polar surface area (TPSA) is 49.3 Å². The molecule has 92 valence electrons. The number of hydrogen-bond acceptors (Lipinski definition) is 2. The first-order chi connectivity index (χ1) is 7.65. The smallest absolute Gasteiger partial charge is 0.306 e. The minimum atomic E-state index is -0.624. The molecule has 1 aliphatic carbocycles. The number of carbonyl (C=O) groups is 1. The van der Waals surface area contributed by atoms with E-state index in [4.69, 9.17) is 5.11 Å². The van der Waals surface area contributed by atoms with E-state index in [0.717, 1.165) is 38.8 Å². The van der Waals surface area contributed by atoms with Crippen LogP contribution in [0, 0.1) is 11.8 Å². The lowest BCUT2D eigenvalue weighted by Crippen LogP contribution is -2.35. The van der Waals surface area contributed by atoms with E-state index in [0.29, 0.717) is 5.92 Å². The highest BCUT2D eigenvalue weighted by Gasteiger charge is 2.30. The van der Waals surface area contributed by atoms with Crippen molar-refractivity contribution < 1.29 is 9.90 Å². The van der Waals surface area contributed by atoms with Crippen LogP contribution in [0.25, 0.3) is 0 Å². The van der Waals surface area contributed by atoms with Crippen molar-refractivity contribution >= 4 is 5.97 Å². The van der Waals surface area contributed by atoms with Crippen LogP contribution in [-0.4, -0.2) is 24.2 Å². The van der Waals surface area contributed by atoms with Crippen LogP contribution >= 0.6 is 0 Å². The van der Waals surface area contributed by atoms with Gasteiger partial charge in [-0.2, -0.15) is 0 Å². The highest BCUT2D eigenvalue weighted by Crippen LogP contribution is 2.29. The van der Waals surface area contributed by atoms with E-state index in [-0.39, 0.29) is 5.92 Å². The molecule has 2 unspecified atom stereocenters. The second-order valence-corrected chi connectivity index (χ2v) is 4.72. The molecule has 0 aliphatic heterocycles. The van der Waals surface area contributed by atoms with Crippen LogP contribution in [0.3, 0.4) is 0 Å². The Balaban J connectivity index is 2.32. The second kappa shape index (κ2) is 6.69. The molecule has 0 spiro atoms. The third kappa shape index (κ3) is 3.97. The summed E-state index contributed by atoms with van der Waals surface area (Å²) in [6.07, 6.45) is 5.11. The number of hydrogen-bond donors (Lipinski definition) is 2. The van der Waals surface area contributed by atoms with Crippen LogP contribution in [0.1, 0.15) is 39.0 Å². The van der Waals surface area contributed by atoms with Crippen molar-refractivity contribution in [3.8, 4) is 0 Å². The van der Waals surface area contributed by atoms with Gasteiger partial charge in [0.15, 0.2) is 0 Å². The molecule has 0 aromatic rings. The van der Waals surface area contributed by atoms with Gasteiger partial charge in [-0.1, -0.05) is 31.9 Å². The van der Waals surface area contributed by atoms with Crippen molar-refractivity contribution in [3.63, 3.8) is 0 Å². The average molecular weight is 225 g/mol. The van der Waals surface area contributed by atoms with Crippen molar-refractivity contribution in [2.75, 3.05) is 13.1 Å². The summed E-state index contributed by atoms with van der Waals surface area (Å²) in [5, 5.41) is 12.4. The van der Waals surface area contributed by atoms with Gasteiger partial charge >= 0.3 is 5.97 Å². The van der Waals surface area contributed by atoms with Gasteiger partial charge in [0.25, 0.3) is 0 Å². The van der Waals surface area contributed by atoms with Gasteiger partial charge in [-0.15, -0.1) is 0 Å². The zero-order valence-corrected chi connectivity index (χ0v) is 10.2. The quantitative estimate of drug-likeness (QED) is 0.683. The van der Waals surface area contributed by atoms with Crippen molar-refractivity contribution in [2.45, 2.75) is 39.0 Å². The average Bonchev–Trinajstić information content (AvgIpc) is 2.29. The summed E-state index contributed by atoms with van der Waals surface area (Å²) in [5.74, 6) is -0.465. The zero-order chi connectivity index (χ0) is 12.0. The molecule has 1 aliphatic rings. The Morgan fingerprint density at radius 1 is 1.44 bits per heavy atom. The van der Waals surface area contributed by atoms with Gasteiger partial charge < -0.3 is 10.4 Å². The molecule has 0 aromatic heterocycles. The summed E-state index contributed by atoms with van der Waals surface area (Å²) in [4.78, 5) is 11.1. The van der Waals surface area contributed by atoms with Crippen LogP contribution < -0.4 is 5.32 Å². The van der Waals surface area contributed by atoms with E-state index in [1.165, 1.54) is 12.0 Å². The normalized spacial score (nSPS) is 25.3. The van der Waals surface area contributed by atoms with Gasteiger partial charge in [0.05, 0.1) is 5.92 Å². The Bertz CT molecular complexity index is 250. The van der Waals surface area contributed by atoms with Crippen molar-refractivity contribution in [1.29, 1.82) is 0 Å². The van der Waals surface area contributed by atoms with Gasteiger partial charge in [0.1, 0.15) is 0 Å². The van der Waals surface area contributed by atoms with Crippen LogP contribution in [0.15, 0.2) is 12.2 Å². The van der Waals surface area contributed by atoms with Gasteiger partial charge in [0, 0.05) is 6.54 Å². The molecule has 2 atom stereocenters. The summed E-state index contributed by atoms with van der Waals surface area (Å²) in [6, 6.07) is 0. The highest BCUT2D eigenvalue weighted by molar-refractivity contribution is 5.70. The number of rotatable bonds is 6. The Morgan fingerprint density at radius 3 is 2.75 bits per heavy atom. The fraction of sp³-hybridized carbons (Fsp3) is 0.769. The molecule has 0 amide bonds. The summed E-state index contributed by atoms with van der Waals surface area (Å²) in [6.45, 7) is 7.65. The third-order valence-corrected chi connectivity index (χ3v) is 3.51. The van der Waals surface area contributed by atoms with E-state index < -0.39 is 5.97 Å². The van der Waals surface area contributed by atoms with Crippen LogP contribution in [0.4, 0.5) is 0 Å². The van der Waals surface area contributed by atoms with Crippen LogP contribution in [0.2, 0.25) is 0 Å². The SMILES string of the molecule is C=C(CC)CNCC1CCCCC1C(=O)O. The molecule has 0 heterocycles. The third-order valence-electron chi connectivity index (χ3n) is 3.51. The summed E-state index contributed by atoms with van der Waals surface area (Å²) in [5.41, 5.74) is 1.18. The van der Waals surface area contributed by atoms with Crippen molar-refractivity contribution in [1.82, 2.24) is 5.32 Å². The Hall–Kier alpha value is -0.830. The predicted molar refractivity (Wildman–Crippen MR) is 65.4 cm³/mol. The maximum Gasteiger partial charge on any atom is 0.306 e. The molecule has 1 rings (SSSR count). The summed E-state index contributed by atoms with van der Waals surface area (Å²) >= 11 is 0. The number of carboxylic acid groups (broad SMARTS) is 1. The Kier molecular flexibility index (Phi) is 5.53. The van der Waals surface area contributed by atoms with Crippen LogP contribution in [0.5, 0.6) is 0 Å². The largest absolute Gasteiger partial charge is 0.481 e. The standard InChI is InChI=1S/C13H23NO2/c1-3-10(2)8-14-9-11-6-4-5-7-12(11)13(15)16/h11-12,14H,2-9H2,1H3,(H,15,16). The van der Waals surface area contributed by atoms with Gasteiger partial charge in [-0.3, -0.25) is 4.79 Å². The number of nitrogens with one attached hydrogen (secondary N) is 1. The fourth-order valence-corrected chi connectivity index (χ4v) is 2.34. The molecule has 16 heavy (non-hydrogen) atoms. The van der Waals surface area contributed by atoms with Gasteiger partial charge in [-0.25, -0.2) is 0 Å². The minimum absolute atomic E-state index is 0.142. The molecule has 3 nitrogen and oxygen atoms in total. The molecular weight excluding hydrogens is 202 g/mol. The maximum absolute atomic E-state index is 11.1. The molecule has 0 radical (unpaired) electrons. The maximum atomic E-state index is 11.1. The van der Waals surface area contributed by atoms with Gasteiger partial charge in [0.2, 0.25) is 0 Å². The lowest BCUT2D eigenvalue weighted by Gasteiger charge is -2.28. The Labute approximate surface area is 97.9 Å². The lowest BCUT2D eigenvalue weighted by molar-refractivity contribution is -0.144. The lowest BCUT2D eigenvalue weighted by atomic mass is 9.79. The molecule has 0 saturated heterocycles. The number of aliphatic carboxylic acids is 1. The van der Waals surface area contributed by atoms with E-state index in [1.807, 2.05) is 0 Å². The van der Waals surface area contributed by atoms with E-state index in [1.54, 1.807) is 0 Å². The zero-order valence-electron chi connectivity index (χ0n) is 10.2. The van der Waals surface area contributed by atoms with Crippen molar-refractivity contribution in [2.24, 2.45) is 11.8 Å². The summed E-state index contributed by atoms with van der Waals surface area (Å²) < 4.78 is 0. The molecule has 2 N–H and O–H groups in total. The molecular formula is C13H23NO2. The first-order valence-corrected chi connectivity index (χ1v) is 6.25. The minimum Gasteiger partial charge on any atom is -0.481 e. The molecule has 0 aromatic carbocycles. The molecule has 3 heteroatoms. The monoisotopic (exact) mass is 225 g/mol. The first-order valence-electron chi connectivity index (χ1n) is 6.25. The molecule has 1 fully saturated rings. The second-order valence-electron chi connectivity index (χ2n) is 4.72. The Morgan fingerprint density at radius 2 is 2.12 bits per heavy atom. The fourth-order valence-electron chi connectivity index (χ4n) is 2.34. The van der Waals surface area contributed by atoms with E-state index >= 15 is 0 Å². The summed E-state index contributed by atoms with van der Waals surface area (Å²) in [7, 11) is 0. The van der Waals surface area contributed by atoms with Crippen molar-refractivity contribution in [3.05, 3.63) is 12.2 Å².